The average Bonchev–Trinajstić information content (AvgIpc) is 3.46. The average molecular weight is 427 g/mol. The Morgan fingerprint density at radius 2 is 2.06 bits per heavy atom. The monoisotopic (exact) mass is 426 g/mol. The van der Waals surface area contributed by atoms with Crippen LogP contribution in [0.25, 0.3) is 11.0 Å². The number of aromatic nitrogens is 3. The van der Waals surface area contributed by atoms with E-state index in [0.29, 0.717) is 29.6 Å². The highest BCUT2D eigenvalue weighted by molar-refractivity contribution is 6.05. The van der Waals surface area contributed by atoms with E-state index < -0.39 is 0 Å². The van der Waals surface area contributed by atoms with Gasteiger partial charge in [0.2, 0.25) is 0 Å². The number of nitrogens with zero attached hydrogens (tertiary/aromatic N) is 5. The molecule has 0 radical (unpaired) electrons. The lowest BCUT2D eigenvalue weighted by atomic mass is 9.84. The van der Waals surface area contributed by atoms with Crippen LogP contribution in [0.4, 0.5) is 0 Å². The number of Topliss-reactive ketones (excluding diaryl/α,β-unsaturated/α-hetero) is 1. The zero-order chi connectivity index (χ0) is 22.6. The second-order valence-corrected chi connectivity index (χ2v) is 9.82. The summed E-state index contributed by atoms with van der Waals surface area (Å²) in [5.41, 5.74) is 5.74. The van der Waals surface area contributed by atoms with Crippen molar-refractivity contribution in [2.24, 2.45) is 0 Å². The van der Waals surface area contributed by atoms with Crippen LogP contribution >= 0.6 is 0 Å². The van der Waals surface area contributed by atoms with E-state index in [9.17, 15) is 4.79 Å². The predicted octanol–water partition coefficient (Wildman–Crippen LogP) is 4.15. The molecule has 3 heterocycles. The fourth-order valence-electron chi connectivity index (χ4n) is 4.37. The van der Waals surface area contributed by atoms with Gasteiger partial charge in [0.15, 0.2) is 5.78 Å². The first-order valence-corrected chi connectivity index (χ1v) is 11.0. The summed E-state index contributed by atoms with van der Waals surface area (Å²) in [4.78, 5) is 24.4. The predicted molar refractivity (Wildman–Crippen MR) is 122 cm³/mol. The van der Waals surface area contributed by atoms with E-state index in [0.717, 1.165) is 27.9 Å². The van der Waals surface area contributed by atoms with Crippen molar-refractivity contribution in [2.75, 3.05) is 6.54 Å². The van der Waals surface area contributed by atoms with Crippen molar-refractivity contribution in [3.63, 3.8) is 0 Å². The molecule has 0 amide bonds. The summed E-state index contributed by atoms with van der Waals surface area (Å²) in [7, 11) is 0. The third-order valence-electron chi connectivity index (χ3n) is 6.33. The van der Waals surface area contributed by atoms with E-state index in [-0.39, 0.29) is 24.3 Å². The Kier molecular flexibility index (Phi) is 4.63. The number of nitriles is 1. The molecule has 0 atom stereocenters. The maximum atomic E-state index is 13.3. The number of rotatable bonds is 5. The highest BCUT2D eigenvalue weighted by Gasteiger charge is 2.31. The van der Waals surface area contributed by atoms with Gasteiger partial charge in [-0.25, -0.2) is 9.97 Å². The van der Waals surface area contributed by atoms with Gasteiger partial charge in [0, 0.05) is 29.3 Å². The first-order chi connectivity index (χ1) is 15.3. The zero-order valence-electron chi connectivity index (χ0n) is 18.6. The Labute approximate surface area is 187 Å². The quantitative estimate of drug-likeness (QED) is 0.618. The van der Waals surface area contributed by atoms with Crippen LogP contribution in [0.1, 0.15) is 72.4 Å². The Balaban J connectivity index is 1.45. The number of benzene rings is 1. The molecule has 0 bridgehead atoms. The van der Waals surface area contributed by atoms with Gasteiger partial charge in [-0.1, -0.05) is 26.8 Å². The van der Waals surface area contributed by atoms with E-state index in [1.807, 2.05) is 12.1 Å². The summed E-state index contributed by atoms with van der Waals surface area (Å²) >= 11 is 0. The first kappa shape index (κ1) is 20.4. The molecule has 0 unspecified atom stereocenters. The second-order valence-electron chi connectivity index (χ2n) is 9.82. The highest BCUT2D eigenvalue weighted by Crippen LogP contribution is 2.40. The molecule has 1 aromatic carbocycles. The Bertz CT molecular complexity index is 1300. The van der Waals surface area contributed by atoms with Crippen molar-refractivity contribution in [2.45, 2.75) is 58.0 Å². The SMILES string of the molecule is CC(C)(C)c1cc(C(=O)CN2Cc3ccc(C4CC4)nc3C2=N)cc2c1ncn2CC#N. The van der Waals surface area contributed by atoms with Crippen molar-refractivity contribution in [1.29, 1.82) is 10.7 Å². The molecule has 1 aliphatic carbocycles. The molecule has 2 aliphatic rings. The minimum Gasteiger partial charge on any atom is -0.343 e. The molecule has 1 N–H and O–H groups in total. The summed E-state index contributed by atoms with van der Waals surface area (Å²) in [5.74, 6) is 0.800. The number of ketones is 1. The molecular weight excluding hydrogens is 400 g/mol. The van der Waals surface area contributed by atoms with Crippen LogP contribution in [-0.4, -0.2) is 37.6 Å². The topological polar surface area (TPSA) is 98.7 Å². The van der Waals surface area contributed by atoms with Gasteiger partial charge in [0.25, 0.3) is 0 Å². The van der Waals surface area contributed by atoms with E-state index in [1.54, 1.807) is 15.8 Å². The summed E-state index contributed by atoms with van der Waals surface area (Å²) in [6.07, 6.45) is 4.00. The highest BCUT2D eigenvalue weighted by atomic mass is 16.1. The van der Waals surface area contributed by atoms with Gasteiger partial charge in [-0.15, -0.1) is 0 Å². The number of fused-ring (bicyclic) bond motifs is 2. The number of carbonyl (C=O) groups is 1. The second kappa shape index (κ2) is 7.27. The number of amidine groups is 1. The Morgan fingerprint density at radius 3 is 2.75 bits per heavy atom. The van der Waals surface area contributed by atoms with E-state index >= 15 is 0 Å². The van der Waals surface area contributed by atoms with Crippen LogP contribution in [0.5, 0.6) is 0 Å². The lowest BCUT2D eigenvalue weighted by Gasteiger charge is -2.22. The van der Waals surface area contributed by atoms with Crippen LogP contribution in [-0.2, 0) is 18.5 Å². The number of hydrogen-bond acceptors (Lipinski definition) is 5. The molecule has 0 saturated heterocycles. The van der Waals surface area contributed by atoms with Gasteiger partial charge in [-0.2, -0.15) is 5.26 Å². The van der Waals surface area contributed by atoms with Crippen LogP contribution in [0, 0.1) is 16.7 Å². The van der Waals surface area contributed by atoms with Gasteiger partial charge >= 0.3 is 0 Å². The van der Waals surface area contributed by atoms with Crippen molar-refractivity contribution < 1.29 is 4.79 Å². The molecule has 0 spiro atoms. The molecule has 32 heavy (non-hydrogen) atoms. The molecule has 7 heteroatoms. The summed E-state index contributed by atoms with van der Waals surface area (Å²) in [5, 5.41) is 17.8. The smallest absolute Gasteiger partial charge is 0.182 e. The molecule has 3 aromatic rings. The molecule has 7 nitrogen and oxygen atoms in total. The van der Waals surface area contributed by atoms with Gasteiger partial charge in [0.1, 0.15) is 18.1 Å². The largest absolute Gasteiger partial charge is 0.343 e. The van der Waals surface area contributed by atoms with Crippen LogP contribution < -0.4 is 0 Å². The van der Waals surface area contributed by atoms with Crippen LogP contribution in [0.2, 0.25) is 0 Å². The third kappa shape index (κ3) is 3.46. The van der Waals surface area contributed by atoms with Gasteiger partial charge in [0.05, 0.1) is 30.0 Å². The zero-order valence-corrected chi connectivity index (χ0v) is 18.6. The molecular formula is C25H26N6O. The lowest BCUT2D eigenvalue weighted by Crippen LogP contribution is -2.30. The Hall–Kier alpha value is -3.53. The minimum absolute atomic E-state index is 0.0536. The molecule has 2 aromatic heterocycles. The maximum absolute atomic E-state index is 13.3. The first-order valence-electron chi connectivity index (χ1n) is 11.0. The van der Waals surface area contributed by atoms with Crippen molar-refractivity contribution in [3.8, 4) is 6.07 Å². The van der Waals surface area contributed by atoms with Gasteiger partial charge < -0.3 is 9.47 Å². The standard InChI is InChI=1S/C25H26N6O/c1-25(2,3)18-10-17(11-20-23(18)28-14-30(20)9-8-26)21(32)13-31-12-16-6-7-19(15-4-5-15)29-22(16)24(31)27/h6-7,10-11,14-15,27H,4-5,9,12-13H2,1-3H3. The van der Waals surface area contributed by atoms with Crippen molar-refractivity contribution in [1.82, 2.24) is 19.4 Å². The van der Waals surface area contributed by atoms with Crippen molar-refractivity contribution >= 4 is 22.7 Å². The summed E-state index contributed by atoms with van der Waals surface area (Å²) in [6, 6.07) is 10.0. The molecule has 1 aliphatic heterocycles. The Morgan fingerprint density at radius 1 is 1.28 bits per heavy atom. The summed E-state index contributed by atoms with van der Waals surface area (Å²) < 4.78 is 1.78. The molecule has 5 rings (SSSR count). The number of pyridine rings is 1. The molecule has 162 valence electrons. The van der Waals surface area contributed by atoms with Crippen molar-refractivity contribution in [3.05, 3.63) is 58.7 Å². The number of carbonyl (C=O) groups excluding carboxylic acids is 1. The number of nitrogens with one attached hydrogen (secondary N) is 1. The van der Waals surface area contributed by atoms with E-state index in [1.165, 1.54) is 12.8 Å². The van der Waals surface area contributed by atoms with Gasteiger partial charge in [-0.3, -0.25) is 10.2 Å². The minimum atomic E-state index is -0.208. The third-order valence-corrected chi connectivity index (χ3v) is 6.33. The van der Waals surface area contributed by atoms with E-state index in [4.69, 9.17) is 15.7 Å². The lowest BCUT2D eigenvalue weighted by molar-refractivity contribution is 0.0962. The number of imidazole rings is 1. The number of hydrogen-bond donors (Lipinski definition) is 1. The molecule has 1 saturated carbocycles. The van der Waals surface area contributed by atoms with E-state index in [2.05, 4.69) is 44.0 Å². The fraction of sp³-hybridized carbons (Fsp3) is 0.400. The molecule has 1 fully saturated rings. The van der Waals surface area contributed by atoms with Crippen LogP contribution in [0.15, 0.2) is 30.6 Å². The van der Waals surface area contributed by atoms with Gasteiger partial charge in [-0.05, 0) is 42.0 Å². The normalized spacial score (nSPS) is 15.8. The fourth-order valence-corrected chi connectivity index (χ4v) is 4.37. The summed E-state index contributed by atoms with van der Waals surface area (Å²) in [6.45, 7) is 7.10. The maximum Gasteiger partial charge on any atom is 0.182 e. The van der Waals surface area contributed by atoms with Crippen LogP contribution in [0.3, 0.4) is 0 Å².